The number of amides is 1. The predicted molar refractivity (Wildman–Crippen MR) is 125 cm³/mol. The summed E-state index contributed by atoms with van der Waals surface area (Å²) >= 11 is 0. The highest BCUT2D eigenvalue weighted by Gasteiger charge is 2.38. The Labute approximate surface area is 185 Å². The van der Waals surface area contributed by atoms with E-state index in [0.29, 0.717) is 25.1 Å². The van der Waals surface area contributed by atoms with Crippen molar-refractivity contribution in [3.63, 3.8) is 0 Å². The fourth-order valence-electron chi connectivity index (χ4n) is 4.41. The molecule has 2 aromatic rings. The maximum Gasteiger partial charge on any atom is 0.240 e. The van der Waals surface area contributed by atoms with Crippen LogP contribution in [0.2, 0.25) is 0 Å². The molecular formula is C25H33N5O. The van der Waals surface area contributed by atoms with Gasteiger partial charge in [-0.25, -0.2) is 0 Å². The van der Waals surface area contributed by atoms with Gasteiger partial charge in [0.1, 0.15) is 6.07 Å². The van der Waals surface area contributed by atoms with Gasteiger partial charge in [0.15, 0.2) is 0 Å². The van der Waals surface area contributed by atoms with Crippen LogP contribution in [0.4, 0.5) is 5.69 Å². The number of likely N-dealkylation sites (tertiary alicyclic amines) is 1. The zero-order valence-corrected chi connectivity index (χ0v) is 18.6. The second-order valence-corrected chi connectivity index (χ2v) is 7.87. The van der Waals surface area contributed by atoms with Crippen molar-refractivity contribution in [1.29, 1.82) is 5.26 Å². The first kappa shape index (κ1) is 22.8. The van der Waals surface area contributed by atoms with Gasteiger partial charge in [0.05, 0.1) is 17.3 Å². The third kappa shape index (κ3) is 5.43. The van der Waals surface area contributed by atoms with Gasteiger partial charge in [-0.15, -0.1) is 0 Å². The van der Waals surface area contributed by atoms with E-state index < -0.39 is 0 Å². The number of nitrogens with two attached hydrogens (primary N) is 1. The topological polar surface area (TPSA) is 76.6 Å². The fourth-order valence-corrected chi connectivity index (χ4v) is 4.41. The first-order valence-corrected chi connectivity index (χ1v) is 11.2. The van der Waals surface area contributed by atoms with Crippen molar-refractivity contribution in [3.8, 4) is 6.07 Å². The molecule has 6 heteroatoms. The molecule has 4 rings (SSSR count). The molecule has 31 heavy (non-hydrogen) atoms. The van der Waals surface area contributed by atoms with E-state index in [1.165, 1.54) is 5.56 Å². The van der Waals surface area contributed by atoms with Crippen LogP contribution in [-0.2, 0) is 11.3 Å². The number of carbonyl (C=O) groups is 1. The molecule has 2 N–H and O–H groups in total. The third-order valence-electron chi connectivity index (χ3n) is 5.91. The highest BCUT2D eigenvalue weighted by molar-refractivity contribution is 5.82. The van der Waals surface area contributed by atoms with Crippen molar-refractivity contribution in [2.45, 2.75) is 38.9 Å². The van der Waals surface area contributed by atoms with E-state index in [1.807, 2.05) is 61.2 Å². The second-order valence-electron chi connectivity index (χ2n) is 7.87. The molecule has 2 aromatic carbocycles. The molecule has 2 aliphatic rings. The number of nitriles is 1. The summed E-state index contributed by atoms with van der Waals surface area (Å²) < 4.78 is 0. The maximum atomic E-state index is 13.3. The monoisotopic (exact) mass is 419 g/mol. The Kier molecular flexibility index (Phi) is 8.05. The molecule has 2 unspecified atom stereocenters. The first-order valence-electron chi connectivity index (χ1n) is 11.2. The van der Waals surface area contributed by atoms with Gasteiger partial charge in [-0.1, -0.05) is 56.3 Å². The summed E-state index contributed by atoms with van der Waals surface area (Å²) in [6.07, 6.45) is 0.711. The number of anilines is 1. The summed E-state index contributed by atoms with van der Waals surface area (Å²) in [5.41, 5.74) is 9.06. The van der Waals surface area contributed by atoms with Gasteiger partial charge in [0.2, 0.25) is 5.91 Å². The van der Waals surface area contributed by atoms with Gasteiger partial charge in [-0.2, -0.15) is 5.26 Å². The molecule has 1 amide bonds. The number of para-hydroxylation sites is 1. The number of rotatable bonds is 4. The molecular weight excluding hydrogens is 386 g/mol. The van der Waals surface area contributed by atoms with E-state index in [4.69, 9.17) is 5.73 Å². The van der Waals surface area contributed by atoms with Crippen LogP contribution in [0.3, 0.4) is 0 Å². The summed E-state index contributed by atoms with van der Waals surface area (Å²) in [5.74, 6) is 0.182. The molecule has 0 spiro atoms. The van der Waals surface area contributed by atoms with Crippen LogP contribution in [0.15, 0.2) is 54.6 Å². The van der Waals surface area contributed by atoms with E-state index >= 15 is 0 Å². The quantitative estimate of drug-likeness (QED) is 0.825. The van der Waals surface area contributed by atoms with Crippen LogP contribution in [0.1, 0.15) is 31.4 Å². The van der Waals surface area contributed by atoms with Gasteiger partial charge in [-0.05, 0) is 24.1 Å². The minimum atomic E-state index is -0.150. The molecule has 6 nitrogen and oxygen atoms in total. The van der Waals surface area contributed by atoms with E-state index in [9.17, 15) is 10.1 Å². The van der Waals surface area contributed by atoms with Gasteiger partial charge in [0, 0.05) is 45.3 Å². The van der Waals surface area contributed by atoms with Crippen molar-refractivity contribution < 1.29 is 4.79 Å². The Morgan fingerprint density at radius 1 is 1.03 bits per heavy atom. The van der Waals surface area contributed by atoms with E-state index in [0.717, 1.165) is 31.9 Å². The van der Waals surface area contributed by atoms with Gasteiger partial charge >= 0.3 is 0 Å². The number of hydrogen-bond acceptors (Lipinski definition) is 5. The summed E-state index contributed by atoms with van der Waals surface area (Å²) in [5, 5.41) is 9.35. The predicted octanol–water partition coefficient (Wildman–Crippen LogP) is 2.83. The molecule has 0 radical (unpaired) electrons. The lowest BCUT2D eigenvalue weighted by Gasteiger charge is -2.38. The van der Waals surface area contributed by atoms with E-state index in [-0.39, 0.29) is 18.0 Å². The second kappa shape index (κ2) is 10.9. The number of carbonyl (C=O) groups excluding carboxylic acids is 1. The number of piperazine rings is 1. The van der Waals surface area contributed by atoms with Crippen LogP contribution >= 0.6 is 0 Å². The minimum Gasteiger partial charge on any atom is -0.367 e. The van der Waals surface area contributed by atoms with Crippen molar-refractivity contribution in [1.82, 2.24) is 9.80 Å². The van der Waals surface area contributed by atoms with Gasteiger partial charge < -0.3 is 15.5 Å². The van der Waals surface area contributed by atoms with Crippen molar-refractivity contribution in [2.24, 2.45) is 5.73 Å². The van der Waals surface area contributed by atoms with Gasteiger partial charge in [0.25, 0.3) is 0 Å². The Morgan fingerprint density at radius 3 is 2.35 bits per heavy atom. The minimum absolute atomic E-state index is 0.0384. The molecule has 2 heterocycles. The molecule has 2 fully saturated rings. The van der Waals surface area contributed by atoms with Crippen molar-refractivity contribution >= 4 is 11.6 Å². The SMILES string of the molecule is CC.N#Cc1ccccc1N1CCN(C(=O)C2CC(N)CN2Cc2ccccc2)CC1. The molecule has 0 saturated carbocycles. The van der Waals surface area contributed by atoms with Crippen molar-refractivity contribution in [2.75, 3.05) is 37.6 Å². The molecule has 0 aromatic heterocycles. The van der Waals surface area contributed by atoms with Crippen LogP contribution in [0, 0.1) is 11.3 Å². The average Bonchev–Trinajstić information content (AvgIpc) is 3.20. The molecule has 2 atom stereocenters. The van der Waals surface area contributed by atoms with Crippen molar-refractivity contribution in [3.05, 3.63) is 65.7 Å². The Hall–Kier alpha value is -2.88. The van der Waals surface area contributed by atoms with E-state index in [2.05, 4.69) is 28.0 Å². The fraction of sp³-hybridized carbons (Fsp3) is 0.440. The summed E-state index contributed by atoms with van der Waals surface area (Å²) in [6, 6.07) is 20.1. The molecule has 0 aliphatic carbocycles. The Morgan fingerprint density at radius 2 is 1.68 bits per heavy atom. The summed E-state index contributed by atoms with van der Waals surface area (Å²) in [4.78, 5) is 19.7. The van der Waals surface area contributed by atoms with E-state index in [1.54, 1.807) is 0 Å². The number of nitrogens with zero attached hydrogens (tertiary/aromatic N) is 4. The lowest BCUT2D eigenvalue weighted by atomic mass is 10.1. The Bertz CT molecular complexity index is 886. The van der Waals surface area contributed by atoms with Crippen LogP contribution < -0.4 is 10.6 Å². The first-order chi connectivity index (χ1) is 15.2. The Balaban J connectivity index is 0.00000132. The molecule has 2 saturated heterocycles. The lowest BCUT2D eigenvalue weighted by Crippen LogP contribution is -2.53. The highest BCUT2D eigenvalue weighted by Crippen LogP contribution is 2.24. The number of benzene rings is 2. The van der Waals surface area contributed by atoms with Crippen LogP contribution in [-0.4, -0.2) is 60.5 Å². The zero-order valence-electron chi connectivity index (χ0n) is 18.6. The van der Waals surface area contributed by atoms with Crippen LogP contribution in [0.5, 0.6) is 0 Å². The van der Waals surface area contributed by atoms with Crippen LogP contribution in [0.25, 0.3) is 0 Å². The summed E-state index contributed by atoms with van der Waals surface area (Å²) in [6.45, 7) is 8.32. The standard InChI is InChI=1S/C23H27N5O.C2H6/c24-15-19-8-4-5-9-21(19)26-10-12-27(13-11-26)23(29)22-14-20(25)17-28(22)16-18-6-2-1-3-7-18;1-2/h1-9,20,22H,10-14,16-17,25H2;1-2H3. The number of hydrogen-bond donors (Lipinski definition) is 1. The lowest BCUT2D eigenvalue weighted by molar-refractivity contribution is -0.136. The molecule has 164 valence electrons. The largest absolute Gasteiger partial charge is 0.367 e. The molecule has 0 bridgehead atoms. The normalized spacial score (nSPS) is 21.2. The average molecular weight is 420 g/mol. The highest BCUT2D eigenvalue weighted by atomic mass is 16.2. The summed E-state index contributed by atoms with van der Waals surface area (Å²) in [7, 11) is 0. The zero-order chi connectivity index (χ0) is 22.2. The van der Waals surface area contributed by atoms with Gasteiger partial charge in [-0.3, -0.25) is 9.69 Å². The smallest absolute Gasteiger partial charge is 0.240 e. The third-order valence-corrected chi connectivity index (χ3v) is 5.91. The molecule has 2 aliphatic heterocycles. The maximum absolute atomic E-state index is 13.3.